The molecule has 0 amide bonds. The first-order valence-corrected chi connectivity index (χ1v) is 5.83. The average Bonchev–Trinajstić information content (AvgIpc) is 2.75. The minimum Gasteiger partial charge on any atom is -0.328 e. The van der Waals surface area contributed by atoms with Gasteiger partial charge in [0.1, 0.15) is 0 Å². The fourth-order valence-corrected chi connectivity index (χ4v) is 1.88. The van der Waals surface area contributed by atoms with Crippen LogP contribution in [0.5, 0.6) is 0 Å². The van der Waals surface area contributed by atoms with Crippen LogP contribution in [0.15, 0.2) is 30.5 Å². The normalized spacial score (nSPS) is 13.5. The van der Waals surface area contributed by atoms with E-state index in [1.54, 1.807) is 6.20 Å². The SMILES string of the molecule is CC(N)Cc1[nH]ncc1-c1ccc(C(F)(F)F)cc1. The van der Waals surface area contributed by atoms with Gasteiger partial charge in [0, 0.05) is 23.7 Å². The molecule has 1 heterocycles. The zero-order valence-electron chi connectivity index (χ0n) is 10.3. The number of nitrogens with one attached hydrogen (secondary N) is 1. The standard InChI is InChI=1S/C13H14F3N3/c1-8(17)6-12-11(7-18-19-12)9-2-4-10(5-3-9)13(14,15)16/h2-5,7-8H,6,17H2,1H3,(H,18,19). The number of nitrogens with zero attached hydrogens (tertiary/aromatic N) is 1. The van der Waals surface area contributed by atoms with Gasteiger partial charge in [-0.05, 0) is 24.6 Å². The van der Waals surface area contributed by atoms with Crippen LogP contribution in [0.25, 0.3) is 11.1 Å². The van der Waals surface area contributed by atoms with Gasteiger partial charge in [-0.2, -0.15) is 18.3 Å². The second-order valence-corrected chi connectivity index (χ2v) is 4.52. The van der Waals surface area contributed by atoms with E-state index in [1.807, 2.05) is 6.92 Å². The Balaban J connectivity index is 2.30. The minimum atomic E-state index is -4.32. The summed E-state index contributed by atoms with van der Waals surface area (Å²) in [6.45, 7) is 1.86. The zero-order valence-corrected chi connectivity index (χ0v) is 10.3. The molecule has 1 unspecified atom stereocenters. The highest BCUT2D eigenvalue weighted by molar-refractivity contribution is 5.65. The molecule has 0 aliphatic heterocycles. The van der Waals surface area contributed by atoms with Gasteiger partial charge in [-0.1, -0.05) is 12.1 Å². The van der Waals surface area contributed by atoms with Gasteiger partial charge in [0.05, 0.1) is 11.8 Å². The Morgan fingerprint density at radius 3 is 2.42 bits per heavy atom. The van der Waals surface area contributed by atoms with Crippen molar-refractivity contribution in [3.63, 3.8) is 0 Å². The molecule has 0 aliphatic carbocycles. The van der Waals surface area contributed by atoms with Crippen LogP contribution >= 0.6 is 0 Å². The van der Waals surface area contributed by atoms with Gasteiger partial charge < -0.3 is 5.73 Å². The molecular formula is C13H14F3N3. The van der Waals surface area contributed by atoms with E-state index < -0.39 is 11.7 Å². The van der Waals surface area contributed by atoms with E-state index in [2.05, 4.69) is 10.2 Å². The maximum Gasteiger partial charge on any atom is 0.416 e. The van der Waals surface area contributed by atoms with Crippen molar-refractivity contribution in [2.75, 3.05) is 0 Å². The number of nitrogens with two attached hydrogens (primary N) is 1. The van der Waals surface area contributed by atoms with Crippen molar-refractivity contribution >= 4 is 0 Å². The molecule has 0 saturated carbocycles. The van der Waals surface area contributed by atoms with E-state index >= 15 is 0 Å². The smallest absolute Gasteiger partial charge is 0.328 e. The highest BCUT2D eigenvalue weighted by atomic mass is 19.4. The molecule has 0 bridgehead atoms. The highest BCUT2D eigenvalue weighted by Gasteiger charge is 2.30. The lowest BCUT2D eigenvalue weighted by atomic mass is 10.0. The first-order chi connectivity index (χ1) is 8.88. The number of rotatable bonds is 3. The Kier molecular flexibility index (Phi) is 3.61. The molecule has 3 N–H and O–H groups in total. The number of hydrogen-bond donors (Lipinski definition) is 2. The summed E-state index contributed by atoms with van der Waals surface area (Å²) in [5.41, 5.74) is 7.36. The molecule has 2 aromatic rings. The summed E-state index contributed by atoms with van der Waals surface area (Å²) < 4.78 is 37.4. The van der Waals surface area contributed by atoms with Gasteiger partial charge in [-0.25, -0.2) is 0 Å². The number of aromatic nitrogens is 2. The lowest BCUT2D eigenvalue weighted by molar-refractivity contribution is -0.137. The van der Waals surface area contributed by atoms with Crippen LogP contribution in [0.3, 0.4) is 0 Å². The van der Waals surface area contributed by atoms with E-state index in [-0.39, 0.29) is 6.04 Å². The predicted molar refractivity (Wildman–Crippen MR) is 66.4 cm³/mol. The fraction of sp³-hybridized carbons (Fsp3) is 0.308. The predicted octanol–water partition coefficient (Wildman–Crippen LogP) is 2.99. The molecule has 0 saturated heterocycles. The summed E-state index contributed by atoms with van der Waals surface area (Å²) in [6, 6.07) is 4.97. The molecule has 0 radical (unpaired) electrons. The molecule has 0 fully saturated rings. The van der Waals surface area contributed by atoms with Crippen molar-refractivity contribution < 1.29 is 13.2 Å². The Morgan fingerprint density at radius 2 is 1.89 bits per heavy atom. The maximum absolute atomic E-state index is 12.5. The van der Waals surface area contributed by atoms with E-state index in [0.29, 0.717) is 12.0 Å². The molecule has 1 aromatic carbocycles. The Hall–Kier alpha value is -1.82. The second kappa shape index (κ2) is 5.05. The van der Waals surface area contributed by atoms with Crippen molar-refractivity contribution in [2.45, 2.75) is 25.6 Å². The molecule has 3 nitrogen and oxygen atoms in total. The third-order valence-corrected chi connectivity index (χ3v) is 2.77. The summed E-state index contributed by atoms with van der Waals surface area (Å²) >= 11 is 0. The van der Waals surface area contributed by atoms with Crippen LogP contribution in [-0.2, 0) is 12.6 Å². The van der Waals surface area contributed by atoms with Crippen LogP contribution in [-0.4, -0.2) is 16.2 Å². The number of benzene rings is 1. The van der Waals surface area contributed by atoms with Crippen LogP contribution < -0.4 is 5.73 Å². The Morgan fingerprint density at radius 1 is 1.26 bits per heavy atom. The molecule has 1 atom stereocenters. The van der Waals surface area contributed by atoms with E-state index in [4.69, 9.17) is 5.73 Å². The number of H-pyrrole nitrogens is 1. The van der Waals surface area contributed by atoms with Crippen molar-refractivity contribution in [2.24, 2.45) is 5.73 Å². The first-order valence-electron chi connectivity index (χ1n) is 5.83. The molecule has 2 rings (SSSR count). The van der Waals surface area contributed by atoms with Crippen LogP contribution in [0, 0.1) is 0 Å². The van der Waals surface area contributed by atoms with Gasteiger partial charge >= 0.3 is 6.18 Å². The van der Waals surface area contributed by atoms with Gasteiger partial charge in [0.2, 0.25) is 0 Å². The number of hydrogen-bond acceptors (Lipinski definition) is 2. The summed E-state index contributed by atoms with van der Waals surface area (Å²) in [5.74, 6) is 0. The molecule has 0 aliphatic rings. The number of aromatic amines is 1. The maximum atomic E-state index is 12.5. The quantitative estimate of drug-likeness (QED) is 0.900. The average molecular weight is 269 g/mol. The largest absolute Gasteiger partial charge is 0.416 e. The summed E-state index contributed by atoms with van der Waals surface area (Å²) in [5, 5.41) is 6.75. The zero-order chi connectivity index (χ0) is 14.0. The third kappa shape index (κ3) is 3.14. The van der Waals surface area contributed by atoms with Crippen molar-refractivity contribution in [3.05, 3.63) is 41.7 Å². The van der Waals surface area contributed by atoms with Gasteiger partial charge in [-0.3, -0.25) is 5.10 Å². The van der Waals surface area contributed by atoms with Crippen LogP contribution in [0.4, 0.5) is 13.2 Å². The van der Waals surface area contributed by atoms with Gasteiger partial charge in [-0.15, -0.1) is 0 Å². The summed E-state index contributed by atoms with van der Waals surface area (Å²) in [7, 11) is 0. The molecular weight excluding hydrogens is 255 g/mol. The monoisotopic (exact) mass is 269 g/mol. The molecule has 102 valence electrons. The van der Waals surface area contributed by atoms with Gasteiger partial charge in [0.25, 0.3) is 0 Å². The van der Waals surface area contributed by atoms with E-state index in [9.17, 15) is 13.2 Å². The highest BCUT2D eigenvalue weighted by Crippen LogP contribution is 2.31. The molecule has 19 heavy (non-hydrogen) atoms. The van der Waals surface area contributed by atoms with Crippen molar-refractivity contribution in [3.8, 4) is 11.1 Å². The molecule has 0 spiro atoms. The molecule has 6 heteroatoms. The third-order valence-electron chi connectivity index (χ3n) is 2.77. The Labute approximate surface area is 108 Å². The number of alkyl halides is 3. The van der Waals surface area contributed by atoms with Crippen molar-refractivity contribution in [1.82, 2.24) is 10.2 Å². The fourth-order valence-electron chi connectivity index (χ4n) is 1.88. The Bertz CT molecular complexity index is 541. The van der Waals surface area contributed by atoms with E-state index in [1.165, 1.54) is 12.1 Å². The van der Waals surface area contributed by atoms with Crippen LogP contribution in [0.1, 0.15) is 18.2 Å². The minimum absolute atomic E-state index is 0.0475. The van der Waals surface area contributed by atoms with Gasteiger partial charge in [0.15, 0.2) is 0 Å². The topological polar surface area (TPSA) is 54.7 Å². The second-order valence-electron chi connectivity index (χ2n) is 4.52. The summed E-state index contributed by atoms with van der Waals surface area (Å²) in [4.78, 5) is 0. The number of halogens is 3. The van der Waals surface area contributed by atoms with Crippen LogP contribution in [0.2, 0.25) is 0 Å². The van der Waals surface area contributed by atoms with E-state index in [0.717, 1.165) is 23.4 Å². The lowest BCUT2D eigenvalue weighted by Gasteiger charge is -2.09. The summed E-state index contributed by atoms with van der Waals surface area (Å²) in [6.07, 6.45) is -2.12. The van der Waals surface area contributed by atoms with Crippen molar-refractivity contribution in [1.29, 1.82) is 0 Å². The lowest BCUT2D eigenvalue weighted by Crippen LogP contribution is -2.18. The molecule has 1 aromatic heterocycles. The first kappa shape index (κ1) is 13.6.